The normalized spacial score (nSPS) is 18.0. The van der Waals surface area contributed by atoms with E-state index in [1.54, 1.807) is 18.2 Å². The minimum atomic E-state index is -3.39. The summed E-state index contributed by atoms with van der Waals surface area (Å²) in [6.45, 7) is 0.289. The minimum Gasteiger partial charge on any atom is -0.323 e. The molecule has 2 N–H and O–H groups in total. The van der Waals surface area contributed by atoms with Crippen molar-refractivity contribution in [1.29, 1.82) is 0 Å². The molecule has 2 aromatic carbocycles. The number of aryl methyl sites for hydroxylation is 1. The number of hydrogen-bond acceptors (Lipinski definition) is 3. The Bertz CT molecular complexity index is 909. The minimum absolute atomic E-state index is 0.147. The van der Waals surface area contributed by atoms with Crippen LogP contribution in [-0.2, 0) is 21.1 Å². The number of nitrogens with one attached hydrogen (secondary N) is 2. The molecule has 1 amide bonds. The second kappa shape index (κ2) is 7.60. The van der Waals surface area contributed by atoms with Crippen LogP contribution in [0.5, 0.6) is 0 Å². The molecule has 0 spiro atoms. The van der Waals surface area contributed by atoms with Crippen LogP contribution in [0.15, 0.2) is 53.4 Å². The van der Waals surface area contributed by atoms with Gasteiger partial charge in [0.15, 0.2) is 16.4 Å². The molecule has 6 heteroatoms. The topological polar surface area (TPSA) is 67.7 Å². The van der Waals surface area contributed by atoms with Gasteiger partial charge in [-0.15, -0.1) is 0 Å². The second-order valence-electron chi connectivity index (χ2n) is 6.98. The first-order valence-corrected chi connectivity index (χ1v) is 10.7. The highest BCUT2D eigenvalue weighted by Gasteiger charge is 2.28. The third-order valence-corrected chi connectivity index (χ3v) is 6.12. The lowest BCUT2D eigenvalue weighted by molar-refractivity contribution is -0.905. The molecule has 0 heterocycles. The van der Waals surface area contributed by atoms with Crippen LogP contribution in [-0.4, -0.2) is 34.2 Å². The van der Waals surface area contributed by atoms with E-state index in [4.69, 9.17) is 0 Å². The number of anilines is 1. The molecular formula is C20H25N2O3S+. The number of hydrogen-bond donors (Lipinski definition) is 2. The number of quaternary nitrogens is 1. The number of para-hydroxylation sites is 1. The van der Waals surface area contributed by atoms with Gasteiger partial charge in [0.05, 0.1) is 17.6 Å². The number of sulfone groups is 1. The maximum atomic E-state index is 12.5. The lowest BCUT2D eigenvalue weighted by Gasteiger charge is -2.30. The van der Waals surface area contributed by atoms with Gasteiger partial charge in [-0.1, -0.05) is 36.4 Å². The largest absolute Gasteiger partial charge is 0.323 e. The van der Waals surface area contributed by atoms with Crippen molar-refractivity contribution >= 4 is 21.4 Å². The van der Waals surface area contributed by atoms with Crippen LogP contribution in [0.2, 0.25) is 0 Å². The summed E-state index contributed by atoms with van der Waals surface area (Å²) in [6.07, 6.45) is 4.41. The molecule has 1 aliphatic carbocycles. The van der Waals surface area contributed by atoms with Gasteiger partial charge in [0, 0.05) is 18.2 Å². The first-order chi connectivity index (χ1) is 12.4. The Kier molecular flexibility index (Phi) is 5.44. The van der Waals surface area contributed by atoms with Crippen molar-refractivity contribution in [3.63, 3.8) is 0 Å². The number of likely N-dealkylation sites (N-methyl/N-ethyl adjacent to an activating group) is 1. The van der Waals surface area contributed by atoms with Crippen LogP contribution in [0.3, 0.4) is 0 Å². The van der Waals surface area contributed by atoms with Gasteiger partial charge >= 0.3 is 0 Å². The van der Waals surface area contributed by atoms with Crippen LogP contribution in [0.4, 0.5) is 5.69 Å². The van der Waals surface area contributed by atoms with Crippen molar-refractivity contribution in [1.82, 2.24) is 0 Å². The van der Waals surface area contributed by atoms with E-state index in [0.29, 0.717) is 5.69 Å². The SMILES string of the molecule is C[NH+](CC(=O)Nc1ccccc1S(C)(=O)=O)[C@H]1CCCc2ccccc21. The molecule has 26 heavy (non-hydrogen) atoms. The molecule has 0 bridgehead atoms. The van der Waals surface area contributed by atoms with Crippen molar-refractivity contribution in [3.8, 4) is 0 Å². The molecule has 1 unspecified atom stereocenters. The molecule has 1 aliphatic rings. The van der Waals surface area contributed by atoms with Crippen LogP contribution >= 0.6 is 0 Å². The molecule has 5 nitrogen and oxygen atoms in total. The summed E-state index contributed by atoms with van der Waals surface area (Å²) < 4.78 is 23.8. The van der Waals surface area contributed by atoms with Gasteiger partial charge in [-0.05, 0) is 30.5 Å². The predicted octanol–water partition coefficient (Wildman–Crippen LogP) is 1.62. The van der Waals surface area contributed by atoms with Crippen molar-refractivity contribution in [2.75, 3.05) is 25.2 Å². The summed E-state index contributed by atoms with van der Waals surface area (Å²) in [5.41, 5.74) is 3.03. The first kappa shape index (κ1) is 18.6. The van der Waals surface area contributed by atoms with E-state index < -0.39 is 9.84 Å². The summed E-state index contributed by atoms with van der Waals surface area (Å²) in [7, 11) is -1.37. The number of fused-ring (bicyclic) bond motifs is 1. The van der Waals surface area contributed by atoms with E-state index in [1.165, 1.54) is 17.2 Å². The number of rotatable bonds is 5. The first-order valence-electron chi connectivity index (χ1n) is 8.85. The molecule has 2 atom stereocenters. The molecule has 0 saturated carbocycles. The Morgan fingerprint density at radius 3 is 2.62 bits per heavy atom. The average Bonchev–Trinajstić information content (AvgIpc) is 2.60. The van der Waals surface area contributed by atoms with Crippen molar-refractivity contribution < 1.29 is 18.1 Å². The number of amides is 1. The molecule has 138 valence electrons. The van der Waals surface area contributed by atoms with E-state index in [2.05, 4.69) is 23.5 Å². The molecule has 2 aromatic rings. The summed E-state index contributed by atoms with van der Waals surface area (Å²) in [6, 6.07) is 15.2. The molecule has 0 aromatic heterocycles. The molecular weight excluding hydrogens is 348 g/mol. The summed E-state index contributed by atoms with van der Waals surface area (Å²) in [4.78, 5) is 13.8. The highest BCUT2D eigenvalue weighted by molar-refractivity contribution is 7.90. The summed E-state index contributed by atoms with van der Waals surface area (Å²) in [5.74, 6) is -0.179. The van der Waals surface area contributed by atoms with Crippen LogP contribution in [0, 0.1) is 0 Å². The van der Waals surface area contributed by atoms with E-state index in [9.17, 15) is 13.2 Å². The zero-order chi connectivity index (χ0) is 18.7. The smallest absolute Gasteiger partial charge is 0.279 e. The Morgan fingerprint density at radius 1 is 1.15 bits per heavy atom. The van der Waals surface area contributed by atoms with Gasteiger partial charge < -0.3 is 10.2 Å². The molecule has 0 saturated heterocycles. The Balaban J connectivity index is 1.72. The quantitative estimate of drug-likeness (QED) is 0.837. The second-order valence-corrected chi connectivity index (χ2v) is 8.97. The lowest BCUT2D eigenvalue weighted by atomic mass is 9.87. The fourth-order valence-corrected chi connectivity index (χ4v) is 4.57. The van der Waals surface area contributed by atoms with Gasteiger partial charge in [-0.25, -0.2) is 8.42 Å². The average molecular weight is 373 g/mol. The molecule has 0 aliphatic heterocycles. The standard InChI is InChI=1S/C20H24N2O3S/c1-22(18-12-7-9-15-8-3-4-10-16(15)18)14-20(23)21-17-11-5-6-13-19(17)26(2,24)25/h3-6,8,10-11,13,18H,7,9,12,14H2,1-2H3,(H,21,23)/p+1/t18-/m0/s1. The maximum Gasteiger partial charge on any atom is 0.279 e. The number of carbonyl (C=O) groups is 1. The van der Waals surface area contributed by atoms with Gasteiger partial charge in [-0.2, -0.15) is 0 Å². The van der Waals surface area contributed by atoms with Gasteiger partial charge in [-0.3, -0.25) is 4.79 Å². The Hall–Kier alpha value is -2.18. The highest BCUT2D eigenvalue weighted by atomic mass is 32.2. The van der Waals surface area contributed by atoms with E-state index in [0.717, 1.165) is 30.4 Å². The Morgan fingerprint density at radius 2 is 1.85 bits per heavy atom. The number of carbonyl (C=O) groups excluding carboxylic acids is 1. The van der Waals surface area contributed by atoms with Crippen molar-refractivity contribution in [2.24, 2.45) is 0 Å². The van der Waals surface area contributed by atoms with Gasteiger partial charge in [0.25, 0.3) is 5.91 Å². The summed E-state index contributed by atoms with van der Waals surface area (Å²) in [5, 5.41) is 2.77. The fourth-order valence-electron chi connectivity index (χ4n) is 3.73. The molecule has 0 fully saturated rings. The predicted molar refractivity (Wildman–Crippen MR) is 102 cm³/mol. The van der Waals surface area contributed by atoms with Crippen LogP contribution < -0.4 is 10.2 Å². The number of benzene rings is 2. The fraction of sp³-hybridized carbons (Fsp3) is 0.350. The Labute approximate surface area is 154 Å². The monoisotopic (exact) mass is 373 g/mol. The van der Waals surface area contributed by atoms with Crippen molar-refractivity contribution in [3.05, 3.63) is 59.7 Å². The van der Waals surface area contributed by atoms with Gasteiger partial charge in [0.2, 0.25) is 0 Å². The maximum absolute atomic E-state index is 12.5. The highest BCUT2D eigenvalue weighted by Crippen LogP contribution is 2.27. The van der Waals surface area contributed by atoms with E-state index in [1.807, 2.05) is 13.1 Å². The third-order valence-electron chi connectivity index (χ3n) is 4.96. The molecule has 3 rings (SSSR count). The van der Waals surface area contributed by atoms with Crippen LogP contribution in [0.1, 0.15) is 30.0 Å². The molecule has 0 radical (unpaired) electrons. The third kappa shape index (κ3) is 4.14. The van der Waals surface area contributed by atoms with E-state index >= 15 is 0 Å². The van der Waals surface area contributed by atoms with Gasteiger partial charge in [0.1, 0.15) is 6.04 Å². The van der Waals surface area contributed by atoms with Crippen LogP contribution in [0.25, 0.3) is 0 Å². The lowest BCUT2D eigenvalue weighted by Crippen LogP contribution is -3.10. The zero-order valence-electron chi connectivity index (χ0n) is 15.2. The zero-order valence-corrected chi connectivity index (χ0v) is 16.0. The summed E-state index contributed by atoms with van der Waals surface area (Å²) >= 11 is 0. The van der Waals surface area contributed by atoms with Crippen molar-refractivity contribution in [2.45, 2.75) is 30.2 Å². The van der Waals surface area contributed by atoms with E-state index in [-0.39, 0.29) is 23.4 Å².